The molecule has 104 valence electrons. The van der Waals surface area contributed by atoms with Gasteiger partial charge in [-0.05, 0) is 18.9 Å². The molecule has 19 heavy (non-hydrogen) atoms. The van der Waals surface area contributed by atoms with Gasteiger partial charge in [0.05, 0.1) is 30.1 Å². The third-order valence-electron chi connectivity index (χ3n) is 3.21. The number of nitrogens with one attached hydrogen (secondary N) is 1. The number of nitrogens with zero attached hydrogens (tertiary/aromatic N) is 2. The monoisotopic (exact) mass is 276 g/mol. The lowest BCUT2D eigenvalue weighted by atomic mass is 9.97. The van der Waals surface area contributed by atoms with Gasteiger partial charge in [0.1, 0.15) is 0 Å². The number of halogens is 3. The van der Waals surface area contributed by atoms with E-state index >= 15 is 0 Å². The fraction of sp³-hybridized carbons (Fsp3) is 0.545. The summed E-state index contributed by atoms with van der Waals surface area (Å²) < 4.78 is 38.2. The molecular formula is C11H13F3N3O2+. The molecule has 0 aromatic carbocycles. The first kappa shape index (κ1) is 13.6. The smallest absolute Gasteiger partial charge is 0.258 e. The molecule has 1 fully saturated rings. The minimum atomic E-state index is -4.26. The van der Waals surface area contributed by atoms with Gasteiger partial charge in [0.2, 0.25) is 0 Å². The zero-order chi connectivity index (χ0) is 14.0. The Morgan fingerprint density at radius 3 is 2.84 bits per heavy atom. The summed E-state index contributed by atoms with van der Waals surface area (Å²) in [7, 11) is 0. The number of nitro groups is 1. The van der Waals surface area contributed by atoms with Gasteiger partial charge in [0.15, 0.2) is 0 Å². The van der Waals surface area contributed by atoms with Crippen molar-refractivity contribution >= 4 is 11.5 Å². The highest BCUT2D eigenvalue weighted by Gasteiger charge is 2.45. The van der Waals surface area contributed by atoms with Crippen LogP contribution in [0.5, 0.6) is 0 Å². The standard InChI is InChI=1S/C11H12F3N3O2/c12-11(13,14)8-3-2-6-16(7-8)10-9(17(18)19)4-1-5-15-10/h1,4-5,8H,2-3,6-7H2/p+1/t8-/m0/s1. The Kier molecular flexibility index (Phi) is 3.59. The predicted molar refractivity (Wildman–Crippen MR) is 60.6 cm³/mol. The zero-order valence-corrected chi connectivity index (χ0v) is 9.98. The van der Waals surface area contributed by atoms with Crippen molar-refractivity contribution in [3.63, 3.8) is 0 Å². The van der Waals surface area contributed by atoms with E-state index in [-0.39, 0.29) is 24.5 Å². The number of aromatic nitrogens is 1. The van der Waals surface area contributed by atoms with Crippen molar-refractivity contribution in [1.29, 1.82) is 0 Å². The van der Waals surface area contributed by atoms with Gasteiger partial charge in [-0.25, -0.2) is 4.98 Å². The first-order valence-electron chi connectivity index (χ1n) is 5.86. The molecule has 1 saturated heterocycles. The van der Waals surface area contributed by atoms with E-state index < -0.39 is 17.0 Å². The number of piperidine rings is 1. The zero-order valence-electron chi connectivity index (χ0n) is 9.98. The highest BCUT2D eigenvalue weighted by Crippen LogP contribution is 2.35. The molecule has 0 aliphatic carbocycles. The van der Waals surface area contributed by atoms with E-state index in [2.05, 4.69) is 4.98 Å². The topological polar surface area (TPSA) is 60.5 Å². The Morgan fingerprint density at radius 1 is 1.47 bits per heavy atom. The van der Waals surface area contributed by atoms with Gasteiger partial charge in [-0.1, -0.05) is 0 Å². The number of alkyl halides is 3. The number of anilines is 1. The third-order valence-corrected chi connectivity index (χ3v) is 3.21. The van der Waals surface area contributed by atoms with Crippen molar-refractivity contribution in [3.8, 4) is 0 Å². The summed E-state index contributed by atoms with van der Waals surface area (Å²) in [6.07, 6.45) is -2.35. The molecule has 8 heteroatoms. The lowest BCUT2D eigenvalue weighted by Gasteiger charge is -2.29. The molecule has 0 radical (unpaired) electrons. The summed E-state index contributed by atoms with van der Waals surface area (Å²) in [4.78, 5) is 14.4. The summed E-state index contributed by atoms with van der Waals surface area (Å²) in [6, 6.07) is 2.73. The number of H-pyrrole nitrogens is 1. The molecule has 1 atom stereocenters. The van der Waals surface area contributed by atoms with Crippen molar-refractivity contribution in [2.75, 3.05) is 18.0 Å². The van der Waals surface area contributed by atoms with Crippen LogP contribution in [0.1, 0.15) is 12.8 Å². The van der Waals surface area contributed by atoms with Crippen LogP contribution in [0.25, 0.3) is 0 Å². The van der Waals surface area contributed by atoms with Gasteiger partial charge >= 0.3 is 17.7 Å². The van der Waals surface area contributed by atoms with Crippen molar-refractivity contribution in [3.05, 3.63) is 28.4 Å². The second kappa shape index (κ2) is 5.02. The minimum Gasteiger partial charge on any atom is -0.258 e. The molecule has 0 saturated carbocycles. The van der Waals surface area contributed by atoms with E-state index in [9.17, 15) is 23.3 Å². The number of hydrogen-bond acceptors (Lipinski definition) is 3. The largest absolute Gasteiger partial charge is 0.395 e. The molecule has 1 N–H and O–H groups in total. The maximum atomic E-state index is 12.7. The molecule has 5 nitrogen and oxygen atoms in total. The van der Waals surface area contributed by atoms with Crippen LogP contribution >= 0.6 is 0 Å². The third kappa shape index (κ3) is 2.94. The van der Waals surface area contributed by atoms with Gasteiger partial charge in [0, 0.05) is 6.07 Å². The quantitative estimate of drug-likeness (QED) is 0.614. The first-order chi connectivity index (χ1) is 8.89. The van der Waals surface area contributed by atoms with Gasteiger partial charge in [-0.15, -0.1) is 0 Å². The maximum absolute atomic E-state index is 12.7. The molecular weight excluding hydrogens is 263 g/mol. The fourth-order valence-electron chi connectivity index (χ4n) is 2.27. The lowest BCUT2D eigenvalue weighted by Crippen LogP contribution is -2.43. The summed E-state index contributed by atoms with van der Waals surface area (Å²) in [5.74, 6) is -1.30. The van der Waals surface area contributed by atoms with Crippen LogP contribution in [0.2, 0.25) is 0 Å². The van der Waals surface area contributed by atoms with E-state index in [1.807, 2.05) is 0 Å². The highest BCUT2D eigenvalue weighted by atomic mass is 19.4. The van der Waals surface area contributed by atoms with E-state index in [1.54, 1.807) is 0 Å². The van der Waals surface area contributed by atoms with E-state index in [0.717, 1.165) is 0 Å². The summed E-state index contributed by atoms with van der Waals surface area (Å²) in [5, 5.41) is 10.9. The summed E-state index contributed by atoms with van der Waals surface area (Å²) >= 11 is 0. The highest BCUT2D eigenvalue weighted by molar-refractivity contribution is 5.53. The number of aromatic amines is 1. The molecule has 1 aliphatic rings. The second-order valence-corrected chi connectivity index (χ2v) is 4.49. The van der Waals surface area contributed by atoms with Crippen molar-refractivity contribution in [1.82, 2.24) is 0 Å². The Morgan fingerprint density at radius 2 is 2.21 bits per heavy atom. The molecule has 0 amide bonds. The van der Waals surface area contributed by atoms with Crippen LogP contribution in [0.4, 0.5) is 24.7 Å². The number of pyridine rings is 1. The van der Waals surface area contributed by atoms with Gasteiger partial charge < -0.3 is 0 Å². The Bertz CT molecular complexity index is 478. The van der Waals surface area contributed by atoms with Crippen LogP contribution in [0.15, 0.2) is 18.3 Å². The van der Waals surface area contributed by atoms with Gasteiger partial charge in [-0.2, -0.15) is 13.2 Å². The molecule has 1 aliphatic heterocycles. The molecule has 0 unspecified atom stereocenters. The Balaban J connectivity index is 2.25. The van der Waals surface area contributed by atoms with Crippen molar-refractivity contribution in [2.24, 2.45) is 5.92 Å². The van der Waals surface area contributed by atoms with Crippen LogP contribution in [-0.2, 0) is 0 Å². The Hall–Kier alpha value is -1.86. The summed E-state index contributed by atoms with van der Waals surface area (Å²) in [5.41, 5.74) is -0.203. The van der Waals surface area contributed by atoms with Crippen LogP contribution < -0.4 is 9.88 Å². The molecule has 1 aromatic rings. The van der Waals surface area contributed by atoms with Crippen molar-refractivity contribution in [2.45, 2.75) is 19.0 Å². The van der Waals surface area contributed by atoms with E-state index in [4.69, 9.17) is 0 Å². The number of rotatable bonds is 2. The molecule has 1 aromatic heterocycles. The predicted octanol–water partition coefficient (Wildman–Crippen LogP) is 2.19. The number of hydrogen-bond donors (Lipinski definition) is 0. The lowest BCUT2D eigenvalue weighted by molar-refractivity contribution is -0.411. The van der Waals surface area contributed by atoms with Gasteiger partial charge in [0.25, 0.3) is 0 Å². The van der Waals surface area contributed by atoms with Crippen LogP contribution in [0, 0.1) is 16.0 Å². The molecule has 0 spiro atoms. The van der Waals surface area contributed by atoms with Crippen LogP contribution in [0.3, 0.4) is 0 Å². The Labute approximate surface area is 107 Å². The maximum Gasteiger partial charge on any atom is 0.395 e. The fourth-order valence-corrected chi connectivity index (χ4v) is 2.27. The van der Waals surface area contributed by atoms with E-state index in [1.165, 1.54) is 23.2 Å². The molecule has 2 rings (SSSR count). The SMILES string of the molecule is O=[N+]([O-])c1ccc[nH+]c1N1CCC[C@H](C(F)(F)F)C1. The normalized spacial score (nSPS) is 20.4. The summed E-state index contributed by atoms with van der Waals surface area (Å²) in [6.45, 7) is 0.138. The average Bonchev–Trinajstić information content (AvgIpc) is 2.38. The van der Waals surface area contributed by atoms with Gasteiger partial charge in [-0.3, -0.25) is 15.0 Å². The second-order valence-electron chi connectivity index (χ2n) is 4.49. The molecule has 2 heterocycles. The van der Waals surface area contributed by atoms with Crippen molar-refractivity contribution < 1.29 is 23.1 Å². The average molecular weight is 276 g/mol. The molecule has 0 bridgehead atoms. The minimum absolute atomic E-state index is 0.0701. The van der Waals surface area contributed by atoms with Crippen LogP contribution in [-0.4, -0.2) is 24.2 Å². The first-order valence-corrected chi connectivity index (χ1v) is 5.86. The van der Waals surface area contributed by atoms with E-state index in [0.29, 0.717) is 13.0 Å².